The molecule has 2 aromatic carbocycles. The molecular formula is C23H24Cl2FN3O2. The number of nitrogens with zero attached hydrogens (tertiary/aromatic N) is 2. The number of ether oxygens (including phenoxy) is 1. The van der Waals surface area contributed by atoms with Crippen LogP contribution < -0.4 is 10.1 Å². The van der Waals surface area contributed by atoms with E-state index in [9.17, 15) is 9.18 Å². The fourth-order valence-electron chi connectivity index (χ4n) is 3.42. The largest absolute Gasteiger partial charge is 0.490 e. The van der Waals surface area contributed by atoms with Crippen LogP contribution in [0.3, 0.4) is 0 Å². The van der Waals surface area contributed by atoms with Crippen LogP contribution in [0.1, 0.15) is 10.4 Å². The zero-order chi connectivity index (χ0) is 20.1. The highest BCUT2D eigenvalue weighted by Crippen LogP contribution is 2.21. The van der Waals surface area contributed by atoms with Gasteiger partial charge in [0.25, 0.3) is 5.91 Å². The number of piperazine rings is 1. The molecule has 0 saturated carbocycles. The van der Waals surface area contributed by atoms with E-state index in [1.165, 1.54) is 12.1 Å². The Hall–Kier alpha value is -2.67. The summed E-state index contributed by atoms with van der Waals surface area (Å²) in [4.78, 5) is 19.0. The molecule has 0 radical (unpaired) electrons. The van der Waals surface area contributed by atoms with Crippen LogP contribution in [0.4, 0.5) is 4.39 Å². The first-order valence-electron chi connectivity index (χ1n) is 9.61. The van der Waals surface area contributed by atoms with Gasteiger partial charge in [0.05, 0.1) is 12.2 Å². The predicted molar refractivity (Wildman–Crippen MR) is 124 cm³/mol. The first-order chi connectivity index (χ1) is 14.2. The molecule has 3 aromatic rings. The Labute approximate surface area is 193 Å². The topological polar surface area (TPSA) is 54.5 Å². The van der Waals surface area contributed by atoms with Gasteiger partial charge in [-0.3, -0.25) is 9.78 Å². The molecule has 1 aliphatic heterocycles. The standard InChI is InChI=1S/C23H22FN3O2.2ClH/c24-20-9-7-18(8-10-20)17-3-5-19(6-4-17)23(28)27-13-12-26-14-21(27)16-29-22-2-1-11-25-15-22;;/h1-11,15,21,26H,12-14,16H2;2*1H. The molecule has 5 nitrogen and oxygen atoms in total. The quantitative estimate of drug-likeness (QED) is 0.615. The van der Waals surface area contributed by atoms with Gasteiger partial charge in [0.15, 0.2) is 0 Å². The second-order valence-corrected chi connectivity index (χ2v) is 6.94. The lowest BCUT2D eigenvalue weighted by Crippen LogP contribution is -2.55. The van der Waals surface area contributed by atoms with Crippen molar-refractivity contribution in [2.24, 2.45) is 0 Å². The van der Waals surface area contributed by atoms with E-state index in [1.807, 2.05) is 41.3 Å². The maximum Gasteiger partial charge on any atom is 0.254 e. The van der Waals surface area contributed by atoms with Gasteiger partial charge < -0.3 is 15.0 Å². The Kier molecular flexibility index (Phi) is 9.24. The molecule has 1 unspecified atom stereocenters. The molecule has 8 heteroatoms. The molecule has 1 N–H and O–H groups in total. The summed E-state index contributed by atoms with van der Waals surface area (Å²) in [5.74, 6) is 0.407. The average molecular weight is 464 g/mol. The van der Waals surface area contributed by atoms with Gasteiger partial charge in [-0.1, -0.05) is 24.3 Å². The second kappa shape index (κ2) is 11.6. The lowest BCUT2D eigenvalue weighted by atomic mass is 10.0. The van der Waals surface area contributed by atoms with Crippen LogP contribution in [0.25, 0.3) is 11.1 Å². The van der Waals surface area contributed by atoms with Crippen LogP contribution in [0.15, 0.2) is 73.1 Å². The second-order valence-electron chi connectivity index (χ2n) is 6.94. The SMILES string of the molecule is Cl.Cl.O=C(c1ccc(-c2ccc(F)cc2)cc1)N1CCNCC1COc1cccnc1. The van der Waals surface area contributed by atoms with Gasteiger partial charge in [0.1, 0.15) is 18.2 Å². The van der Waals surface area contributed by atoms with Crippen molar-refractivity contribution in [3.8, 4) is 16.9 Å². The van der Waals surface area contributed by atoms with Crippen LogP contribution in [-0.4, -0.2) is 48.1 Å². The van der Waals surface area contributed by atoms with Crippen molar-refractivity contribution in [3.05, 3.63) is 84.4 Å². The Bertz CT molecular complexity index is 957. The van der Waals surface area contributed by atoms with Crippen molar-refractivity contribution < 1.29 is 13.9 Å². The van der Waals surface area contributed by atoms with Crippen LogP contribution in [-0.2, 0) is 0 Å². The fraction of sp³-hybridized carbons (Fsp3) is 0.217. The minimum atomic E-state index is -0.265. The molecule has 1 atom stereocenters. The van der Waals surface area contributed by atoms with Crippen LogP contribution in [0.5, 0.6) is 5.75 Å². The number of benzene rings is 2. The third kappa shape index (κ3) is 6.17. The van der Waals surface area contributed by atoms with Crippen molar-refractivity contribution in [2.45, 2.75) is 6.04 Å². The maximum atomic E-state index is 13.1. The van der Waals surface area contributed by atoms with E-state index in [2.05, 4.69) is 10.3 Å². The molecule has 1 aromatic heterocycles. The number of amides is 1. The number of hydrogen-bond donors (Lipinski definition) is 1. The highest BCUT2D eigenvalue weighted by molar-refractivity contribution is 5.95. The van der Waals surface area contributed by atoms with Gasteiger partial charge in [0, 0.05) is 31.4 Å². The summed E-state index contributed by atoms with van der Waals surface area (Å²) in [6.07, 6.45) is 3.36. The van der Waals surface area contributed by atoms with Crippen molar-refractivity contribution in [1.82, 2.24) is 15.2 Å². The van der Waals surface area contributed by atoms with Crippen molar-refractivity contribution in [2.75, 3.05) is 26.2 Å². The van der Waals surface area contributed by atoms with E-state index < -0.39 is 0 Å². The predicted octanol–water partition coefficient (Wildman–Crippen LogP) is 4.22. The minimum absolute atomic E-state index is 0. The zero-order valence-corrected chi connectivity index (χ0v) is 18.4. The smallest absolute Gasteiger partial charge is 0.254 e. The lowest BCUT2D eigenvalue weighted by molar-refractivity contribution is 0.0559. The molecule has 0 aliphatic carbocycles. The lowest BCUT2D eigenvalue weighted by Gasteiger charge is -2.36. The Morgan fingerprint density at radius 3 is 2.39 bits per heavy atom. The van der Waals surface area contributed by atoms with Gasteiger partial charge in [-0.05, 0) is 47.5 Å². The summed E-state index contributed by atoms with van der Waals surface area (Å²) in [7, 11) is 0. The van der Waals surface area contributed by atoms with Crippen LogP contribution >= 0.6 is 24.8 Å². The molecule has 164 valence electrons. The molecular weight excluding hydrogens is 440 g/mol. The number of halogens is 3. The van der Waals surface area contributed by atoms with E-state index in [4.69, 9.17) is 4.74 Å². The van der Waals surface area contributed by atoms with Crippen molar-refractivity contribution in [3.63, 3.8) is 0 Å². The maximum absolute atomic E-state index is 13.1. The zero-order valence-electron chi connectivity index (χ0n) is 16.7. The van der Waals surface area contributed by atoms with Gasteiger partial charge in [0.2, 0.25) is 0 Å². The molecule has 2 heterocycles. The molecule has 1 saturated heterocycles. The highest BCUT2D eigenvalue weighted by atomic mass is 35.5. The molecule has 31 heavy (non-hydrogen) atoms. The van der Waals surface area contributed by atoms with Gasteiger partial charge in [-0.25, -0.2) is 4.39 Å². The third-order valence-electron chi connectivity index (χ3n) is 5.00. The van der Waals surface area contributed by atoms with Gasteiger partial charge in [-0.15, -0.1) is 24.8 Å². The Morgan fingerprint density at radius 2 is 1.74 bits per heavy atom. The molecule has 4 rings (SSSR count). The van der Waals surface area contributed by atoms with E-state index in [0.717, 1.165) is 17.7 Å². The van der Waals surface area contributed by atoms with Gasteiger partial charge in [-0.2, -0.15) is 0 Å². The van der Waals surface area contributed by atoms with E-state index in [-0.39, 0.29) is 42.6 Å². The number of nitrogens with one attached hydrogen (secondary N) is 1. The van der Waals surface area contributed by atoms with E-state index in [0.29, 0.717) is 31.0 Å². The monoisotopic (exact) mass is 463 g/mol. The Balaban J connectivity index is 0.00000171. The summed E-state index contributed by atoms with van der Waals surface area (Å²) in [5.41, 5.74) is 2.48. The fourth-order valence-corrected chi connectivity index (χ4v) is 3.42. The normalized spacial score (nSPS) is 15.4. The van der Waals surface area contributed by atoms with Crippen molar-refractivity contribution in [1.29, 1.82) is 0 Å². The summed E-state index contributed by atoms with van der Waals surface area (Å²) < 4.78 is 18.9. The molecule has 1 aliphatic rings. The molecule has 1 fully saturated rings. The number of pyridine rings is 1. The summed E-state index contributed by atoms with van der Waals surface area (Å²) in [6.45, 7) is 2.46. The minimum Gasteiger partial charge on any atom is -0.490 e. The van der Waals surface area contributed by atoms with Gasteiger partial charge >= 0.3 is 0 Å². The number of rotatable bonds is 5. The van der Waals surface area contributed by atoms with E-state index >= 15 is 0 Å². The molecule has 0 spiro atoms. The molecule has 0 bridgehead atoms. The summed E-state index contributed by atoms with van der Waals surface area (Å²) >= 11 is 0. The third-order valence-corrected chi connectivity index (χ3v) is 5.00. The van der Waals surface area contributed by atoms with Crippen LogP contribution in [0.2, 0.25) is 0 Å². The Morgan fingerprint density at radius 1 is 1.06 bits per heavy atom. The first kappa shape index (κ1) is 24.6. The number of carbonyl (C=O) groups is 1. The number of aromatic nitrogens is 1. The number of hydrogen-bond acceptors (Lipinski definition) is 4. The first-order valence-corrected chi connectivity index (χ1v) is 9.61. The van der Waals surface area contributed by atoms with E-state index in [1.54, 1.807) is 24.5 Å². The summed E-state index contributed by atoms with van der Waals surface area (Å²) in [5, 5.41) is 3.32. The molecule has 1 amide bonds. The van der Waals surface area contributed by atoms with Crippen LogP contribution in [0, 0.1) is 5.82 Å². The highest BCUT2D eigenvalue weighted by Gasteiger charge is 2.28. The number of carbonyl (C=O) groups excluding carboxylic acids is 1. The van der Waals surface area contributed by atoms with Crippen molar-refractivity contribution >= 4 is 30.7 Å². The summed E-state index contributed by atoms with van der Waals surface area (Å²) in [6, 6.07) is 17.4. The average Bonchev–Trinajstić information content (AvgIpc) is 2.79.